The van der Waals surface area contributed by atoms with Crippen LogP contribution in [0.5, 0.6) is 11.8 Å². The summed E-state index contributed by atoms with van der Waals surface area (Å²) in [7, 11) is 3.33. The summed E-state index contributed by atoms with van der Waals surface area (Å²) in [5, 5.41) is 0. The molecule has 1 aromatic carbocycles. The monoisotopic (exact) mass is 393 g/mol. The Labute approximate surface area is 168 Å². The van der Waals surface area contributed by atoms with Gasteiger partial charge in [0.2, 0.25) is 0 Å². The number of nitrogens with zero attached hydrogens (tertiary/aromatic N) is 5. The van der Waals surface area contributed by atoms with Gasteiger partial charge in [0.15, 0.2) is 0 Å². The molecule has 1 fully saturated rings. The molecule has 150 valence electrons. The molecule has 3 aromatic rings. The second-order valence-electron chi connectivity index (χ2n) is 6.95. The predicted octanol–water partition coefficient (Wildman–Crippen LogP) is 2.29. The maximum absolute atomic E-state index is 12.4. The highest BCUT2D eigenvalue weighted by atomic mass is 16.5. The molecule has 1 unspecified atom stereocenters. The molecule has 29 heavy (non-hydrogen) atoms. The highest BCUT2D eigenvalue weighted by Crippen LogP contribution is 2.26. The Morgan fingerprint density at radius 1 is 1.17 bits per heavy atom. The summed E-state index contributed by atoms with van der Waals surface area (Å²) in [5.74, 6) is 0.826. The number of aromatic nitrogens is 4. The van der Waals surface area contributed by atoms with E-state index in [0.717, 1.165) is 30.8 Å². The zero-order valence-corrected chi connectivity index (χ0v) is 16.5. The van der Waals surface area contributed by atoms with E-state index in [1.165, 1.54) is 17.0 Å². The van der Waals surface area contributed by atoms with Crippen LogP contribution in [0.4, 0.5) is 5.69 Å². The second-order valence-corrected chi connectivity index (χ2v) is 6.95. The summed E-state index contributed by atoms with van der Waals surface area (Å²) in [6, 6.07) is 11.5. The Hall–Kier alpha value is -3.42. The van der Waals surface area contributed by atoms with E-state index >= 15 is 0 Å². The van der Waals surface area contributed by atoms with Crippen molar-refractivity contribution in [3.63, 3.8) is 0 Å². The molecular weight excluding hydrogens is 370 g/mol. The Morgan fingerprint density at radius 2 is 2.07 bits per heavy atom. The lowest BCUT2D eigenvalue weighted by Crippen LogP contribution is -2.42. The molecule has 1 aliphatic heterocycles. The highest BCUT2D eigenvalue weighted by Gasteiger charge is 2.23. The summed E-state index contributed by atoms with van der Waals surface area (Å²) in [5.41, 5.74) is 1.97. The van der Waals surface area contributed by atoms with Crippen LogP contribution < -0.4 is 19.9 Å². The van der Waals surface area contributed by atoms with Crippen molar-refractivity contribution in [2.75, 3.05) is 25.1 Å². The summed E-state index contributed by atoms with van der Waals surface area (Å²) in [6.07, 6.45) is 4.86. The SMILES string of the molecule is COc1cccc(N2CCCC(Oc3nc(-c4ccncn4)cc(=O)n3C)C2)c1. The van der Waals surface area contributed by atoms with Crippen molar-refractivity contribution in [3.05, 3.63) is 59.3 Å². The lowest BCUT2D eigenvalue weighted by Gasteiger charge is -2.34. The van der Waals surface area contributed by atoms with Gasteiger partial charge in [-0.3, -0.25) is 9.36 Å². The number of piperidine rings is 1. The van der Waals surface area contributed by atoms with Crippen LogP contribution in [0.15, 0.2) is 53.7 Å². The standard InChI is InChI=1S/C21H23N5O3/c1-25-20(27)12-19(18-8-9-22-14-23-18)24-21(25)29-17-7-4-10-26(13-17)15-5-3-6-16(11-15)28-2/h3,5-6,8-9,11-12,14,17H,4,7,10,13H2,1-2H3. The Balaban J connectivity index is 1.55. The lowest BCUT2D eigenvalue weighted by atomic mass is 10.1. The van der Waals surface area contributed by atoms with Gasteiger partial charge in [0.25, 0.3) is 11.6 Å². The lowest BCUT2D eigenvalue weighted by molar-refractivity contribution is 0.157. The molecule has 4 rings (SSSR count). The van der Waals surface area contributed by atoms with Gasteiger partial charge in [-0.2, -0.15) is 4.98 Å². The summed E-state index contributed by atoms with van der Waals surface area (Å²) in [6.45, 7) is 1.65. The highest BCUT2D eigenvalue weighted by molar-refractivity contribution is 5.53. The maximum atomic E-state index is 12.4. The molecule has 0 radical (unpaired) electrons. The fourth-order valence-corrected chi connectivity index (χ4v) is 3.42. The van der Waals surface area contributed by atoms with Gasteiger partial charge in [-0.25, -0.2) is 9.97 Å². The van der Waals surface area contributed by atoms with E-state index < -0.39 is 0 Å². The van der Waals surface area contributed by atoms with Crippen molar-refractivity contribution in [2.24, 2.45) is 7.05 Å². The van der Waals surface area contributed by atoms with Gasteiger partial charge in [0.05, 0.1) is 25.0 Å². The van der Waals surface area contributed by atoms with Crippen molar-refractivity contribution in [1.29, 1.82) is 0 Å². The average Bonchev–Trinajstić information content (AvgIpc) is 2.77. The molecule has 2 aromatic heterocycles. The molecule has 0 spiro atoms. The van der Waals surface area contributed by atoms with Crippen LogP contribution >= 0.6 is 0 Å². The number of hydrogen-bond acceptors (Lipinski definition) is 7. The van der Waals surface area contributed by atoms with Gasteiger partial charge >= 0.3 is 0 Å². The summed E-state index contributed by atoms with van der Waals surface area (Å²) >= 11 is 0. The molecule has 0 amide bonds. The minimum atomic E-state index is -0.191. The van der Waals surface area contributed by atoms with Crippen LogP contribution in [0.25, 0.3) is 11.4 Å². The van der Waals surface area contributed by atoms with Gasteiger partial charge < -0.3 is 14.4 Å². The van der Waals surface area contributed by atoms with Crippen LogP contribution in [0.2, 0.25) is 0 Å². The van der Waals surface area contributed by atoms with E-state index in [9.17, 15) is 4.79 Å². The molecule has 0 N–H and O–H groups in total. The van der Waals surface area contributed by atoms with Crippen LogP contribution in [-0.2, 0) is 7.05 Å². The third-order valence-electron chi connectivity index (χ3n) is 5.01. The molecule has 8 heteroatoms. The van der Waals surface area contributed by atoms with E-state index in [-0.39, 0.29) is 11.7 Å². The largest absolute Gasteiger partial charge is 0.497 e. The van der Waals surface area contributed by atoms with Gasteiger partial charge in [-0.15, -0.1) is 0 Å². The van der Waals surface area contributed by atoms with Gasteiger partial charge in [-0.1, -0.05) is 6.07 Å². The normalized spacial score (nSPS) is 16.5. The first-order valence-corrected chi connectivity index (χ1v) is 9.54. The van der Waals surface area contributed by atoms with E-state index in [1.807, 2.05) is 18.2 Å². The molecule has 1 atom stereocenters. The molecule has 0 saturated carbocycles. The van der Waals surface area contributed by atoms with Gasteiger partial charge in [-0.05, 0) is 31.0 Å². The van der Waals surface area contributed by atoms with Crippen molar-refractivity contribution in [3.8, 4) is 23.1 Å². The first-order valence-electron chi connectivity index (χ1n) is 9.54. The number of anilines is 1. The Bertz CT molecular complexity index is 1040. The first-order chi connectivity index (χ1) is 14.1. The predicted molar refractivity (Wildman–Crippen MR) is 109 cm³/mol. The molecule has 8 nitrogen and oxygen atoms in total. The van der Waals surface area contributed by atoms with E-state index in [4.69, 9.17) is 9.47 Å². The maximum Gasteiger partial charge on any atom is 0.299 e. The third kappa shape index (κ3) is 4.21. The number of benzene rings is 1. The van der Waals surface area contributed by atoms with Crippen LogP contribution in [-0.4, -0.2) is 45.8 Å². The second kappa shape index (κ2) is 8.30. The minimum absolute atomic E-state index is 0.0753. The molecule has 1 saturated heterocycles. The quantitative estimate of drug-likeness (QED) is 0.658. The molecular formula is C21H23N5O3. The first kappa shape index (κ1) is 18.9. The van der Waals surface area contributed by atoms with E-state index in [0.29, 0.717) is 23.9 Å². The van der Waals surface area contributed by atoms with E-state index in [1.54, 1.807) is 26.4 Å². The van der Waals surface area contributed by atoms with Crippen molar-refractivity contribution >= 4 is 5.69 Å². The fourth-order valence-electron chi connectivity index (χ4n) is 3.42. The third-order valence-corrected chi connectivity index (χ3v) is 5.01. The topological polar surface area (TPSA) is 82.4 Å². The Morgan fingerprint density at radius 3 is 2.86 bits per heavy atom. The van der Waals surface area contributed by atoms with Crippen molar-refractivity contribution in [2.45, 2.75) is 18.9 Å². The molecule has 0 bridgehead atoms. The number of hydrogen-bond donors (Lipinski definition) is 0. The van der Waals surface area contributed by atoms with Crippen LogP contribution in [0, 0.1) is 0 Å². The Kier molecular flexibility index (Phi) is 5.41. The van der Waals surface area contributed by atoms with Crippen molar-refractivity contribution in [1.82, 2.24) is 19.5 Å². The summed E-state index contributed by atoms with van der Waals surface area (Å²) in [4.78, 5) is 27.3. The fraction of sp³-hybridized carbons (Fsp3) is 0.333. The van der Waals surface area contributed by atoms with Crippen LogP contribution in [0.3, 0.4) is 0 Å². The zero-order valence-electron chi connectivity index (χ0n) is 16.5. The number of ether oxygens (including phenoxy) is 2. The van der Waals surface area contributed by atoms with Gasteiger partial charge in [0, 0.05) is 37.6 Å². The molecule has 0 aliphatic carbocycles. The minimum Gasteiger partial charge on any atom is -0.497 e. The molecule has 1 aliphatic rings. The number of methoxy groups -OCH3 is 1. The molecule has 3 heterocycles. The number of rotatable bonds is 5. The average molecular weight is 393 g/mol. The smallest absolute Gasteiger partial charge is 0.299 e. The van der Waals surface area contributed by atoms with Crippen LogP contribution in [0.1, 0.15) is 12.8 Å². The summed E-state index contributed by atoms with van der Waals surface area (Å²) < 4.78 is 12.9. The zero-order chi connectivity index (χ0) is 20.2. The van der Waals surface area contributed by atoms with Crippen molar-refractivity contribution < 1.29 is 9.47 Å². The van der Waals surface area contributed by atoms with E-state index in [2.05, 4.69) is 25.9 Å². The van der Waals surface area contributed by atoms with Gasteiger partial charge in [0.1, 0.15) is 18.2 Å².